The Hall–Kier alpha value is -1.30. The van der Waals surface area contributed by atoms with Crippen LogP contribution in [0.4, 0.5) is 4.79 Å². The molecular weight excluding hydrogens is 248 g/mol. The van der Waals surface area contributed by atoms with Gasteiger partial charge in [0, 0.05) is 19.7 Å². The highest BCUT2D eigenvalue weighted by Gasteiger charge is 2.39. The second-order valence-corrected chi connectivity index (χ2v) is 5.32. The van der Waals surface area contributed by atoms with Gasteiger partial charge in [-0.15, -0.1) is 0 Å². The summed E-state index contributed by atoms with van der Waals surface area (Å²) in [6, 6.07) is -0.550. The SMILES string of the molecule is COC(=O)NC(C)C(=O)N1CCC2(CCCO2)CC1. The lowest BCUT2D eigenvalue weighted by atomic mass is 9.88. The topological polar surface area (TPSA) is 67.9 Å². The third-order valence-corrected chi connectivity index (χ3v) is 4.06. The van der Waals surface area contributed by atoms with Gasteiger partial charge in [0.2, 0.25) is 5.91 Å². The molecule has 0 aromatic rings. The summed E-state index contributed by atoms with van der Waals surface area (Å²) in [6.45, 7) is 3.92. The van der Waals surface area contributed by atoms with Crippen molar-refractivity contribution in [1.82, 2.24) is 10.2 Å². The summed E-state index contributed by atoms with van der Waals surface area (Å²) in [5, 5.41) is 2.50. The second-order valence-electron chi connectivity index (χ2n) is 5.32. The quantitative estimate of drug-likeness (QED) is 0.809. The third-order valence-electron chi connectivity index (χ3n) is 4.06. The Balaban J connectivity index is 1.83. The van der Waals surface area contributed by atoms with Gasteiger partial charge in [0.1, 0.15) is 6.04 Å². The molecule has 2 fully saturated rings. The molecular formula is C13H22N2O4. The monoisotopic (exact) mass is 270 g/mol. The maximum absolute atomic E-state index is 12.2. The van der Waals surface area contributed by atoms with Gasteiger partial charge in [-0.25, -0.2) is 4.79 Å². The van der Waals surface area contributed by atoms with E-state index in [2.05, 4.69) is 10.1 Å². The lowest BCUT2D eigenvalue weighted by Gasteiger charge is -2.39. The van der Waals surface area contributed by atoms with E-state index in [0.717, 1.165) is 32.3 Å². The number of carbonyl (C=O) groups excluding carboxylic acids is 2. The molecule has 0 aromatic carbocycles. The molecule has 1 N–H and O–H groups in total. The molecule has 19 heavy (non-hydrogen) atoms. The molecule has 6 nitrogen and oxygen atoms in total. The number of alkyl carbamates (subject to hydrolysis) is 1. The van der Waals surface area contributed by atoms with Gasteiger partial charge < -0.3 is 19.7 Å². The van der Waals surface area contributed by atoms with Crippen molar-refractivity contribution in [2.75, 3.05) is 26.8 Å². The Morgan fingerprint density at radius 2 is 2.00 bits per heavy atom. The van der Waals surface area contributed by atoms with Gasteiger partial charge in [0.05, 0.1) is 12.7 Å². The van der Waals surface area contributed by atoms with Gasteiger partial charge >= 0.3 is 6.09 Å². The van der Waals surface area contributed by atoms with Crippen molar-refractivity contribution in [1.29, 1.82) is 0 Å². The zero-order valence-corrected chi connectivity index (χ0v) is 11.6. The van der Waals surface area contributed by atoms with E-state index in [1.165, 1.54) is 7.11 Å². The maximum atomic E-state index is 12.2. The summed E-state index contributed by atoms with van der Waals surface area (Å²) >= 11 is 0. The Morgan fingerprint density at radius 3 is 2.53 bits per heavy atom. The van der Waals surface area contributed by atoms with Crippen molar-refractivity contribution >= 4 is 12.0 Å². The van der Waals surface area contributed by atoms with Crippen LogP contribution in [0.25, 0.3) is 0 Å². The number of hydrogen-bond acceptors (Lipinski definition) is 4. The number of nitrogens with zero attached hydrogens (tertiary/aromatic N) is 1. The minimum atomic E-state index is -0.576. The molecule has 6 heteroatoms. The molecule has 0 bridgehead atoms. The summed E-state index contributed by atoms with van der Waals surface area (Å²) in [4.78, 5) is 25.1. The number of amides is 2. The van der Waals surface area contributed by atoms with Gasteiger partial charge in [-0.3, -0.25) is 4.79 Å². The molecule has 2 aliphatic heterocycles. The minimum Gasteiger partial charge on any atom is -0.453 e. The highest BCUT2D eigenvalue weighted by Crippen LogP contribution is 2.35. The summed E-state index contributed by atoms with van der Waals surface area (Å²) < 4.78 is 10.3. The van der Waals surface area contributed by atoms with E-state index in [0.29, 0.717) is 13.1 Å². The molecule has 0 radical (unpaired) electrons. The van der Waals surface area contributed by atoms with Crippen LogP contribution in [0.15, 0.2) is 0 Å². The van der Waals surface area contributed by atoms with Crippen LogP contribution in [-0.2, 0) is 14.3 Å². The number of carbonyl (C=O) groups is 2. The van der Waals surface area contributed by atoms with E-state index >= 15 is 0 Å². The van der Waals surface area contributed by atoms with Crippen LogP contribution < -0.4 is 5.32 Å². The lowest BCUT2D eigenvalue weighted by Crippen LogP contribution is -2.52. The lowest BCUT2D eigenvalue weighted by molar-refractivity contribution is -0.137. The normalized spacial score (nSPS) is 23.2. The molecule has 2 saturated heterocycles. The number of likely N-dealkylation sites (tertiary alicyclic amines) is 1. The summed E-state index contributed by atoms with van der Waals surface area (Å²) in [5.74, 6) is -0.0572. The smallest absolute Gasteiger partial charge is 0.407 e. The number of hydrogen-bond donors (Lipinski definition) is 1. The van der Waals surface area contributed by atoms with E-state index in [-0.39, 0.29) is 11.5 Å². The van der Waals surface area contributed by atoms with Gasteiger partial charge in [-0.2, -0.15) is 0 Å². The molecule has 2 heterocycles. The first-order valence-electron chi connectivity index (χ1n) is 6.83. The molecule has 0 aromatic heterocycles. The van der Waals surface area contributed by atoms with Crippen molar-refractivity contribution in [3.63, 3.8) is 0 Å². The van der Waals surface area contributed by atoms with Crippen molar-refractivity contribution in [2.45, 2.75) is 44.2 Å². The molecule has 2 amide bonds. The number of rotatable bonds is 2. The van der Waals surface area contributed by atoms with E-state index in [1.807, 2.05) is 0 Å². The van der Waals surface area contributed by atoms with Crippen LogP contribution in [-0.4, -0.2) is 55.3 Å². The van der Waals surface area contributed by atoms with Crippen molar-refractivity contribution in [3.8, 4) is 0 Å². The number of nitrogens with one attached hydrogen (secondary N) is 1. The first kappa shape index (κ1) is 14.1. The maximum Gasteiger partial charge on any atom is 0.407 e. The van der Waals surface area contributed by atoms with E-state index in [9.17, 15) is 9.59 Å². The predicted molar refractivity (Wildman–Crippen MR) is 68.7 cm³/mol. The molecule has 0 saturated carbocycles. The van der Waals surface area contributed by atoms with Crippen LogP contribution >= 0.6 is 0 Å². The molecule has 0 aliphatic carbocycles. The van der Waals surface area contributed by atoms with Crippen molar-refractivity contribution < 1.29 is 19.1 Å². The fourth-order valence-electron chi connectivity index (χ4n) is 2.86. The van der Waals surface area contributed by atoms with Crippen molar-refractivity contribution in [3.05, 3.63) is 0 Å². The molecule has 108 valence electrons. The highest BCUT2D eigenvalue weighted by atomic mass is 16.5. The Morgan fingerprint density at radius 1 is 1.32 bits per heavy atom. The first-order chi connectivity index (χ1) is 9.06. The van der Waals surface area contributed by atoms with Crippen LogP contribution in [0.3, 0.4) is 0 Å². The van der Waals surface area contributed by atoms with Crippen LogP contribution in [0, 0.1) is 0 Å². The van der Waals surface area contributed by atoms with Crippen LogP contribution in [0.1, 0.15) is 32.6 Å². The molecule has 1 unspecified atom stereocenters. The third kappa shape index (κ3) is 3.18. The largest absolute Gasteiger partial charge is 0.453 e. The Kier molecular flexibility index (Phi) is 4.29. The van der Waals surface area contributed by atoms with E-state index in [1.54, 1.807) is 11.8 Å². The molecule has 1 spiro atoms. The Bertz CT molecular complexity index is 343. The predicted octanol–water partition coefficient (Wildman–Crippen LogP) is 0.902. The van der Waals surface area contributed by atoms with Crippen LogP contribution in [0.5, 0.6) is 0 Å². The zero-order valence-electron chi connectivity index (χ0n) is 11.6. The number of piperidine rings is 1. The van der Waals surface area contributed by atoms with Gasteiger partial charge in [-0.1, -0.05) is 0 Å². The summed E-state index contributed by atoms with van der Waals surface area (Å²) in [5.41, 5.74) is 0.00972. The fourth-order valence-corrected chi connectivity index (χ4v) is 2.86. The molecule has 1 atom stereocenters. The zero-order chi connectivity index (χ0) is 13.9. The summed E-state index contributed by atoms with van der Waals surface area (Å²) in [6.07, 6.45) is 3.43. The van der Waals surface area contributed by atoms with Crippen molar-refractivity contribution in [2.24, 2.45) is 0 Å². The second kappa shape index (κ2) is 5.77. The minimum absolute atomic E-state index is 0.00972. The first-order valence-corrected chi connectivity index (χ1v) is 6.83. The highest BCUT2D eigenvalue weighted by molar-refractivity contribution is 5.85. The average Bonchev–Trinajstić information content (AvgIpc) is 2.87. The van der Waals surface area contributed by atoms with Crippen LogP contribution in [0.2, 0.25) is 0 Å². The molecule has 2 aliphatic rings. The molecule has 2 rings (SSSR count). The summed E-state index contributed by atoms with van der Waals surface area (Å²) in [7, 11) is 1.29. The van der Waals surface area contributed by atoms with Gasteiger partial charge in [-0.05, 0) is 32.6 Å². The van der Waals surface area contributed by atoms with Gasteiger partial charge in [0.15, 0.2) is 0 Å². The van der Waals surface area contributed by atoms with Gasteiger partial charge in [0.25, 0.3) is 0 Å². The standard InChI is InChI=1S/C13H22N2O4/c1-10(14-12(17)18-2)11(16)15-7-5-13(6-8-15)4-3-9-19-13/h10H,3-9H2,1-2H3,(H,14,17). The number of methoxy groups -OCH3 is 1. The average molecular weight is 270 g/mol. The number of ether oxygens (including phenoxy) is 2. The van der Waals surface area contributed by atoms with E-state index < -0.39 is 12.1 Å². The Labute approximate surface area is 113 Å². The fraction of sp³-hybridized carbons (Fsp3) is 0.846. The van der Waals surface area contributed by atoms with E-state index in [4.69, 9.17) is 4.74 Å².